The van der Waals surface area contributed by atoms with Crippen molar-refractivity contribution >= 4 is 23.3 Å². The van der Waals surface area contributed by atoms with E-state index in [1.54, 1.807) is 0 Å². The van der Waals surface area contributed by atoms with E-state index < -0.39 is 110 Å². The molecule has 1 heterocycles. The minimum absolute atomic E-state index is 0.0127. The molecular weight excluding hydrogens is 684 g/mol. The van der Waals surface area contributed by atoms with Crippen molar-refractivity contribution in [3.8, 4) is 0 Å². The van der Waals surface area contributed by atoms with Crippen molar-refractivity contribution in [2.75, 3.05) is 6.61 Å². The molecule has 0 saturated carbocycles. The highest BCUT2D eigenvalue weighted by Gasteiger charge is 2.74. The first-order chi connectivity index (χ1) is 25.0. The van der Waals surface area contributed by atoms with Crippen LogP contribution in [-0.2, 0) is 33.4 Å². The zero-order valence-electron chi connectivity index (χ0n) is 32.4. The van der Waals surface area contributed by atoms with Crippen LogP contribution in [-0.4, -0.2) is 131 Å². The van der Waals surface area contributed by atoms with E-state index in [4.69, 9.17) is 15.6 Å². The lowest BCUT2D eigenvalue weighted by Gasteiger charge is -2.55. The van der Waals surface area contributed by atoms with Gasteiger partial charge in [-0.3, -0.25) is 19.2 Å². The van der Waals surface area contributed by atoms with Crippen LogP contribution in [0.2, 0.25) is 0 Å². The van der Waals surface area contributed by atoms with Gasteiger partial charge in [-0.05, 0) is 25.7 Å². The van der Waals surface area contributed by atoms with Crippen molar-refractivity contribution in [1.29, 1.82) is 0 Å². The van der Waals surface area contributed by atoms with Crippen molar-refractivity contribution in [1.82, 2.24) is 0 Å². The standard InChI is InChI=1S/C37H66O15/c1-5-9-13-14-18-22-28(43)50-33-35(52-34(47)31(46)29(44)25(40)23-38)51-32(30(45)24(39)19-15-10-6-2)36(48,26(41)20-16-11-7-3)37(33,49)27(42)21-17-12-8-4/h25,29-35,38,40,44-49H,5-23H2,1-4H3/t25-,29+,30?,31-,32-,33-,34?,35?,36-,37-/m1/s1/i22D/t22?,25-,29+,30?,31-,32-,33-,34?,35?,36-,37-. The zero-order valence-corrected chi connectivity index (χ0v) is 31.4. The Hall–Kier alpha value is -1.92. The number of Topliss-reactive ketones (excluding diaryl/α,β-unsaturated/α-hetero) is 3. The normalized spacial score (nSPS) is 27.2. The average molecular weight is 752 g/mol. The molecule has 1 saturated heterocycles. The summed E-state index contributed by atoms with van der Waals surface area (Å²) < 4.78 is 25.2. The molecule has 304 valence electrons. The molecule has 8 N–H and O–H groups in total. The Morgan fingerprint density at radius 3 is 1.69 bits per heavy atom. The van der Waals surface area contributed by atoms with E-state index in [-0.39, 0.29) is 25.7 Å². The van der Waals surface area contributed by atoms with Gasteiger partial charge in [-0.2, -0.15) is 0 Å². The molecular formula is C37H66O15. The molecule has 0 radical (unpaired) electrons. The predicted octanol–water partition coefficient (Wildman–Crippen LogP) is 1.66. The second kappa shape index (κ2) is 24.5. The van der Waals surface area contributed by atoms with Crippen LogP contribution < -0.4 is 0 Å². The van der Waals surface area contributed by atoms with Crippen molar-refractivity contribution in [2.45, 2.75) is 204 Å². The second-order valence-electron chi connectivity index (χ2n) is 13.8. The number of esters is 1. The molecule has 0 aromatic heterocycles. The number of carbonyl (C=O) groups excluding carboxylic acids is 4. The molecule has 0 aliphatic carbocycles. The molecule has 0 spiro atoms. The molecule has 11 atom stereocenters. The first kappa shape index (κ1) is 46.2. The largest absolute Gasteiger partial charge is 0.453 e. The summed E-state index contributed by atoms with van der Waals surface area (Å²) in [5.74, 6) is -4.73. The minimum atomic E-state index is -3.52. The van der Waals surface area contributed by atoms with Gasteiger partial charge in [0.2, 0.25) is 11.9 Å². The predicted molar refractivity (Wildman–Crippen MR) is 187 cm³/mol. The first-order valence-corrected chi connectivity index (χ1v) is 19.0. The molecule has 15 heteroatoms. The first-order valence-electron chi connectivity index (χ1n) is 19.6. The average Bonchev–Trinajstić information content (AvgIpc) is 3.14. The van der Waals surface area contributed by atoms with Crippen LogP contribution >= 0.6 is 0 Å². The summed E-state index contributed by atoms with van der Waals surface area (Å²) in [6.45, 7) is 6.45. The number of unbranched alkanes of at least 4 members (excludes halogenated alkanes) is 9. The van der Waals surface area contributed by atoms with E-state index in [2.05, 4.69) is 0 Å². The molecule has 15 nitrogen and oxygen atoms in total. The Morgan fingerprint density at radius 1 is 0.692 bits per heavy atom. The summed E-state index contributed by atoms with van der Waals surface area (Å²) in [4.78, 5) is 55.3. The highest BCUT2D eigenvalue weighted by molar-refractivity contribution is 6.01. The number of aliphatic hydroxyl groups is 8. The molecule has 1 fully saturated rings. The van der Waals surface area contributed by atoms with Gasteiger partial charge in [0.05, 0.1) is 6.61 Å². The third-order valence-electron chi connectivity index (χ3n) is 9.55. The lowest BCUT2D eigenvalue weighted by atomic mass is 9.64. The number of hydrogen-bond donors (Lipinski definition) is 8. The van der Waals surface area contributed by atoms with Crippen LogP contribution in [0.5, 0.6) is 0 Å². The van der Waals surface area contributed by atoms with Crippen molar-refractivity contribution in [3.05, 3.63) is 0 Å². The van der Waals surface area contributed by atoms with Crippen LogP contribution in [0.15, 0.2) is 0 Å². The second-order valence-corrected chi connectivity index (χ2v) is 13.8. The van der Waals surface area contributed by atoms with Gasteiger partial charge in [0.15, 0.2) is 35.3 Å². The third kappa shape index (κ3) is 12.8. The van der Waals surface area contributed by atoms with Crippen LogP contribution in [0.1, 0.15) is 145 Å². The van der Waals surface area contributed by atoms with Gasteiger partial charge in [0.1, 0.15) is 30.5 Å². The molecule has 0 aromatic rings. The molecule has 0 amide bonds. The molecule has 1 aliphatic rings. The molecule has 0 aromatic carbocycles. The summed E-state index contributed by atoms with van der Waals surface area (Å²) in [5.41, 5.74) is -6.97. The van der Waals surface area contributed by atoms with Gasteiger partial charge in [0.25, 0.3) is 0 Å². The summed E-state index contributed by atoms with van der Waals surface area (Å²) in [6.07, 6.45) is -15.1. The van der Waals surface area contributed by atoms with Crippen molar-refractivity contribution < 1.29 is 75.6 Å². The van der Waals surface area contributed by atoms with Crippen LogP contribution in [0, 0.1) is 0 Å². The van der Waals surface area contributed by atoms with Crippen LogP contribution in [0.4, 0.5) is 0 Å². The quantitative estimate of drug-likeness (QED) is 0.0307. The van der Waals surface area contributed by atoms with Gasteiger partial charge in [-0.15, -0.1) is 0 Å². The highest BCUT2D eigenvalue weighted by atomic mass is 16.8. The van der Waals surface area contributed by atoms with Crippen molar-refractivity contribution in [2.24, 2.45) is 0 Å². The van der Waals surface area contributed by atoms with Gasteiger partial charge in [-0.1, -0.05) is 91.9 Å². The lowest BCUT2D eigenvalue weighted by molar-refractivity contribution is -0.378. The Labute approximate surface area is 309 Å². The Balaban J connectivity index is 4.03. The van der Waals surface area contributed by atoms with Crippen molar-refractivity contribution in [3.63, 3.8) is 0 Å². The summed E-state index contributed by atoms with van der Waals surface area (Å²) >= 11 is 0. The van der Waals surface area contributed by atoms with Crippen LogP contribution in [0.25, 0.3) is 0 Å². The molecule has 0 bridgehead atoms. The maximum Gasteiger partial charge on any atom is 0.306 e. The van der Waals surface area contributed by atoms with E-state index in [0.717, 1.165) is 12.8 Å². The Bertz CT molecular complexity index is 1110. The number of ketones is 3. The minimum Gasteiger partial charge on any atom is -0.453 e. The summed E-state index contributed by atoms with van der Waals surface area (Å²) in [6, 6.07) is 0. The van der Waals surface area contributed by atoms with E-state index >= 15 is 0 Å². The number of aliphatic hydroxyl groups excluding tert-OH is 6. The topological polar surface area (TPSA) is 258 Å². The van der Waals surface area contributed by atoms with Gasteiger partial charge in [-0.25, -0.2) is 0 Å². The van der Waals surface area contributed by atoms with E-state index in [1.165, 1.54) is 0 Å². The Kier molecular flexibility index (Phi) is 21.8. The monoisotopic (exact) mass is 751 g/mol. The fourth-order valence-electron chi connectivity index (χ4n) is 6.24. The lowest BCUT2D eigenvalue weighted by Crippen LogP contribution is -2.82. The van der Waals surface area contributed by atoms with Gasteiger partial charge >= 0.3 is 5.97 Å². The smallest absolute Gasteiger partial charge is 0.306 e. The summed E-state index contributed by atoms with van der Waals surface area (Å²) in [7, 11) is 0. The summed E-state index contributed by atoms with van der Waals surface area (Å²) in [5, 5.41) is 87.5. The van der Waals surface area contributed by atoms with Crippen LogP contribution in [0.3, 0.4) is 0 Å². The number of rotatable bonds is 29. The van der Waals surface area contributed by atoms with E-state index in [1.807, 2.05) is 27.7 Å². The molecule has 4 unspecified atom stereocenters. The van der Waals surface area contributed by atoms with Gasteiger partial charge < -0.3 is 55.1 Å². The van der Waals surface area contributed by atoms with E-state index in [0.29, 0.717) is 57.8 Å². The fraction of sp³-hybridized carbons (Fsp3) is 0.892. The number of ether oxygens (including phenoxy) is 3. The maximum absolute atomic E-state index is 14.3. The fourth-order valence-corrected chi connectivity index (χ4v) is 6.24. The highest BCUT2D eigenvalue weighted by Crippen LogP contribution is 2.45. The van der Waals surface area contributed by atoms with E-state index in [9.17, 15) is 60.0 Å². The molecule has 1 aliphatic heterocycles. The number of carbonyl (C=O) groups is 4. The molecule has 1 rings (SSSR count). The number of hydrogen-bond acceptors (Lipinski definition) is 15. The van der Waals surface area contributed by atoms with Gasteiger partial charge in [0, 0.05) is 27.0 Å². The SMILES string of the molecule is [2H]C(CCCCCC)C(=O)O[C@@H]1C(OC(O)[C@H](O)[C@@H](O)[C@H](O)CO)O[C@H](C(O)C(=O)CCCCC)[C@](O)(C(=O)CCCCC)[C@@]1(O)C(=O)CCCCC. The zero-order chi connectivity index (χ0) is 40.4. The maximum atomic E-state index is 14.3. The molecule has 52 heavy (non-hydrogen) atoms. The third-order valence-corrected chi connectivity index (χ3v) is 9.55. The Morgan fingerprint density at radius 2 is 1.17 bits per heavy atom.